The lowest BCUT2D eigenvalue weighted by Gasteiger charge is -2.13. The molecule has 2 N–H and O–H groups in total. The van der Waals surface area contributed by atoms with Crippen molar-refractivity contribution >= 4 is 45.6 Å². The van der Waals surface area contributed by atoms with Crippen molar-refractivity contribution in [3.05, 3.63) is 83.4 Å². The Hall–Kier alpha value is -4.84. The molecule has 6 rings (SSSR count). The molecule has 2 aromatic carbocycles. The minimum absolute atomic E-state index is 0.137. The van der Waals surface area contributed by atoms with E-state index in [2.05, 4.69) is 29.9 Å². The van der Waals surface area contributed by atoms with E-state index in [0.717, 1.165) is 22.1 Å². The molecule has 10 nitrogen and oxygen atoms in total. The highest BCUT2D eigenvalue weighted by molar-refractivity contribution is 7.98. The second-order valence-corrected chi connectivity index (χ2v) is 13.2. The monoisotopic (exact) mass is 764 g/mol. The van der Waals surface area contributed by atoms with Crippen LogP contribution in [0, 0.1) is 13.8 Å². The molecular weight excluding hydrogens is 735 g/mol. The van der Waals surface area contributed by atoms with Crippen molar-refractivity contribution < 1.29 is 45.3 Å². The molecule has 0 saturated carbocycles. The van der Waals surface area contributed by atoms with Crippen LogP contribution >= 0.6 is 23.5 Å². The number of H-pyrrole nitrogens is 2. The van der Waals surface area contributed by atoms with E-state index in [4.69, 9.17) is 18.9 Å². The zero-order valence-corrected chi connectivity index (χ0v) is 29.2. The van der Waals surface area contributed by atoms with Crippen LogP contribution in [0.25, 0.3) is 22.1 Å². The Bertz CT molecular complexity index is 2010. The van der Waals surface area contributed by atoms with E-state index in [-0.39, 0.29) is 24.7 Å². The Balaban J connectivity index is 0.977. The van der Waals surface area contributed by atoms with Gasteiger partial charge >= 0.3 is 12.4 Å². The van der Waals surface area contributed by atoms with E-state index in [9.17, 15) is 26.3 Å². The predicted molar refractivity (Wildman–Crippen MR) is 183 cm³/mol. The van der Waals surface area contributed by atoms with Crippen LogP contribution in [0.1, 0.15) is 22.5 Å². The topological polar surface area (TPSA) is 120 Å². The molecule has 0 unspecified atom stereocenters. The van der Waals surface area contributed by atoms with Gasteiger partial charge in [0.05, 0.1) is 33.5 Å². The third kappa shape index (κ3) is 9.93. The van der Waals surface area contributed by atoms with Gasteiger partial charge in [0.15, 0.2) is 23.5 Å². The molecule has 4 aromatic heterocycles. The number of halogens is 6. The summed E-state index contributed by atoms with van der Waals surface area (Å²) < 4.78 is 97.2. The molecule has 0 spiro atoms. The fourth-order valence-electron chi connectivity index (χ4n) is 4.88. The molecule has 0 aliphatic carbocycles. The average molecular weight is 765 g/mol. The number of aromatic amines is 2. The van der Waals surface area contributed by atoms with Crippen molar-refractivity contribution in [1.29, 1.82) is 0 Å². The molecule has 0 fully saturated rings. The van der Waals surface area contributed by atoms with Crippen LogP contribution < -0.4 is 18.9 Å². The molecule has 274 valence electrons. The van der Waals surface area contributed by atoms with Crippen molar-refractivity contribution in [2.45, 2.75) is 48.0 Å². The Morgan fingerprint density at radius 3 is 1.42 bits per heavy atom. The van der Waals surface area contributed by atoms with Gasteiger partial charge in [-0.1, -0.05) is 23.5 Å². The standard InChI is InChI=1S/C34H30F6N6O4S2/c1-19-27(41-9-7-29(19)49-17-33(35,36)37)15-51-31-43-23-5-3-21(13-25(23)45-31)47-11-12-48-22-4-6-24-26(14-22)46-32(44-24)52-16-28-20(2)30(8-10-42-28)50-18-34(38,39)40/h3-10,13-14H,11-12,15-18H2,1-2H3,(H,43,45)(H,44,46). The van der Waals surface area contributed by atoms with Crippen LogP contribution in [0.15, 0.2) is 71.2 Å². The number of benzene rings is 2. The summed E-state index contributed by atoms with van der Waals surface area (Å²) in [5.41, 5.74) is 5.19. The number of ether oxygens (including phenoxy) is 4. The number of alkyl halides is 6. The van der Waals surface area contributed by atoms with Crippen LogP contribution in [0.3, 0.4) is 0 Å². The SMILES string of the molecule is Cc1c(OCC(F)(F)F)ccnc1CSc1nc2ccc(OCCOc3ccc4nc(SCc5nccc(OCC(F)(F)F)c5C)[nH]c4c3)cc2[nH]1. The Morgan fingerprint density at radius 1 is 0.596 bits per heavy atom. The number of nitrogens with zero attached hydrogens (tertiary/aromatic N) is 4. The van der Waals surface area contributed by atoms with Gasteiger partial charge in [0, 0.05) is 47.2 Å². The summed E-state index contributed by atoms with van der Waals surface area (Å²) in [4.78, 5) is 24.2. The average Bonchev–Trinajstić information content (AvgIpc) is 3.70. The lowest BCUT2D eigenvalue weighted by Crippen LogP contribution is -2.19. The second kappa shape index (κ2) is 15.8. The molecule has 4 heterocycles. The first-order valence-corrected chi connectivity index (χ1v) is 17.6. The molecule has 6 aromatic rings. The summed E-state index contributed by atoms with van der Waals surface area (Å²) in [5, 5.41) is 1.23. The number of fused-ring (bicyclic) bond motifs is 2. The van der Waals surface area contributed by atoms with Gasteiger partial charge in [-0.05, 0) is 50.2 Å². The maximum atomic E-state index is 12.6. The van der Waals surface area contributed by atoms with Gasteiger partial charge in [-0.3, -0.25) is 9.97 Å². The van der Waals surface area contributed by atoms with Crippen LogP contribution in [0.5, 0.6) is 23.0 Å². The lowest BCUT2D eigenvalue weighted by molar-refractivity contribution is -0.154. The zero-order valence-electron chi connectivity index (χ0n) is 27.5. The van der Waals surface area contributed by atoms with Crippen molar-refractivity contribution in [2.24, 2.45) is 0 Å². The van der Waals surface area contributed by atoms with Crippen molar-refractivity contribution in [3.63, 3.8) is 0 Å². The highest BCUT2D eigenvalue weighted by atomic mass is 32.2. The third-order valence-corrected chi connectivity index (χ3v) is 9.24. The molecule has 0 saturated heterocycles. The van der Waals surface area contributed by atoms with Crippen molar-refractivity contribution in [3.8, 4) is 23.0 Å². The maximum absolute atomic E-state index is 12.6. The normalized spacial score (nSPS) is 12.1. The van der Waals surface area contributed by atoms with Gasteiger partial charge in [0.2, 0.25) is 0 Å². The molecule has 52 heavy (non-hydrogen) atoms. The summed E-state index contributed by atoms with van der Waals surface area (Å²) in [5.74, 6) is 2.24. The van der Waals surface area contributed by atoms with Crippen LogP contribution in [-0.4, -0.2) is 68.7 Å². The van der Waals surface area contributed by atoms with Crippen molar-refractivity contribution in [1.82, 2.24) is 29.9 Å². The fraction of sp³-hybridized carbons (Fsp3) is 0.294. The van der Waals surface area contributed by atoms with E-state index in [1.165, 1.54) is 48.1 Å². The van der Waals surface area contributed by atoms with Gasteiger partial charge in [0.1, 0.15) is 36.2 Å². The number of thioether (sulfide) groups is 2. The summed E-state index contributed by atoms with van der Waals surface area (Å²) in [6.07, 6.45) is -6.02. The van der Waals surface area contributed by atoms with E-state index in [1.807, 2.05) is 24.3 Å². The maximum Gasteiger partial charge on any atom is 0.422 e. The fourth-order valence-corrected chi connectivity index (χ4v) is 6.70. The van der Waals surface area contributed by atoms with Gasteiger partial charge in [-0.2, -0.15) is 26.3 Å². The number of rotatable bonds is 15. The highest BCUT2D eigenvalue weighted by Crippen LogP contribution is 2.31. The van der Waals surface area contributed by atoms with E-state index in [0.29, 0.717) is 55.8 Å². The molecule has 18 heteroatoms. The van der Waals surface area contributed by atoms with Gasteiger partial charge < -0.3 is 28.9 Å². The van der Waals surface area contributed by atoms with E-state index < -0.39 is 25.6 Å². The summed E-state index contributed by atoms with van der Waals surface area (Å²) in [7, 11) is 0. The number of hydrogen-bond donors (Lipinski definition) is 2. The minimum atomic E-state index is -4.43. The van der Waals surface area contributed by atoms with E-state index in [1.54, 1.807) is 26.0 Å². The first kappa shape index (κ1) is 36.9. The molecule has 0 radical (unpaired) electrons. The third-order valence-electron chi connectivity index (χ3n) is 7.48. The smallest absolute Gasteiger partial charge is 0.422 e. The van der Waals surface area contributed by atoms with Gasteiger partial charge in [-0.15, -0.1) is 0 Å². The molecule has 0 atom stereocenters. The Morgan fingerprint density at radius 2 is 1.02 bits per heavy atom. The number of imidazole rings is 2. The predicted octanol–water partition coefficient (Wildman–Crippen LogP) is 8.77. The van der Waals surface area contributed by atoms with Crippen molar-refractivity contribution in [2.75, 3.05) is 26.4 Å². The van der Waals surface area contributed by atoms with E-state index >= 15 is 0 Å². The first-order chi connectivity index (χ1) is 24.8. The number of pyridine rings is 2. The van der Waals surface area contributed by atoms with Gasteiger partial charge in [-0.25, -0.2) is 9.97 Å². The first-order valence-electron chi connectivity index (χ1n) is 15.6. The summed E-state index contributed by atoms with van der Waals surface area (Å²) in [6.45, 7) is 1.12. The second-order valence-electron chi connectivity index (χ2n) is 11.3. The summed E-state index contributed by atoms with van der Waals surface area (Å²) in [6, 6.07) is 13.7. The lowest BCUT2D eigenvalue weighted by atomic mass is 10.2. The molecule has 0 aliphatic rings. The Kier molecular flexibility index (Phi) is 11.2. The number of hydrogen-bond acceptors (Lipinski definition) is 10. The highest BCUT2D eigenvalue weighted by Gasteiger charge is 2.29. The molecular formula is C34H30F6N6O4S2. The Labute approximate surface area is 301 Å². The molecule has 0 aliphatic heterocycles. The quantitative estimate of drug-likeness (QED) is 0.0597. The largest absolute Gasteiger partial charge is 0.490 e. The summed E-state index contributed by atoms with van der Waals surface area (Å²) >= 11 is 2.73. The number of nitrogens with one attached hydrogen (secondary N) is 2. The van der Waals surface area contributed by atoms with Crippen LogP contribution in [-0.2, 0) is 11.5 Å². The molecule has 0 amide bonds. The van der Waals surface area contributed by atoms with Crippen LogP contribution in [0.4, 0.5) is 26.3 Å². The zero-order chi connectivity index (χ0) is 36.9. The number of aromatic nitrogens is 6. The molecule has 0 bridgehead atoms. The van der Waals surface area contributed by atoms with Crippen LogP contribution in [0.2, 0.25) is 0 Å². The minimum Gasteiger partial charge on any atom is -0.490 e. The van der Waals surface area contributed by atoms with Gasteiger partial charge in [0.25, 0.3) is 0 Å².